The van der Waals surface area contributed by atoms with Crippen LogP contribution in [0.25, 0.3) is 0 Å². The van der Waals surface area contributed by atoms with E-state index in [1.165, 1.54) is 4.90 Å². The second-order valence-electron chi connectivity index (χ2n) is 4.90. The third kappa shape index (κ3) is 1.28. The summed E-state index contributed by atoms with van der Waals surface area (Å²) in [6, 6.07) is -0.886. The predicted octanol–water partition coefficient (Wildman–Crippen LogP) is 0.489. The summed E-state index contributed by atoms with van der Waals surface area (Å²) >= 11 is 5.93. The summed E-state index contributed by atoms with van der Waals surface area (Å²) in [7, 11) is 0. The van der Waals surface area contributed by atoms with Gasteiger partial charge in [-0.1, -0.05) is 25.4 Å². The van der Waals surface area contributed by atoms with Crippen LogP contribution in [0.4, 0.5) is 0 Å². The molecule has 2 rings (SSSR count). The molecule has 0 aromatic rings. The quantitative estimate of drug-likeness (QED) is 0.658. The van der Waals surface area contributed by atoms with Gasteiger partial charge in [0.2, 0.25) is 5.91 Å². The van der Waals surface area contributed by atoms with Crippen LogP contribution in [0.3, 0.4) is 0 Å². The smallest absolute Gasteiger partial charge is 0.353 e. The molecule has 1 amide bonds. The Kier molecular flexibility index (Phi) is 2.29. The summed E-state index contributed by atoms with van der Waals surface area (Å²) in [4.78, 5) is 23.9. The number of hydrogen-bond donors (Lipinski definition) is 2. The first-order chi connectivity index (χ1) is 7.27. The minimum atomic E-state index is -1.18. The number of carbonyl (C=O) groups is 2. The van der Waals surface area contributed by atoms with E-state index < -0.39 is 12.0 Å². The molecule has 6 heteroatoms. The van der Waals surface area contributed by atoms with Crippen LogP contribution in [0.2, 0.25) is 0 Å². The molecule has 0 radical (unpaired) electrons. The van der Waals surface area contributed by atoms with Crippen molar-refractivity contribution < 1.29 is 14.7 Å². The second-order valence-corrected chi connectivity index (χ2v) is 5.36. The minimum absolute atomic E-state index is 0.113. The minimum Gasteiger partial charge on any atom is -0.477 e. The Balaban J connectivity index is 2.49. The lowest BCUT2D eigenvalue weighted by Crippen LogP contribution is -2.74. The first-order valence-electron chi connectivity index (χ1n) is 4.98. The average molecular weight is 245 g/mol. The number of halogens is 1. The Bertz CT molecular complexity index is 416. The fraction of sp³-hybridized carbons (Fsp3) is 0.600. The van der Waals surface area contributed by atoms with E-state index in [1.54, 1.807) is 0 Å². The third-order valence-electron chi connectivity index (χ3n) is 3.25. The largest absolute Gasteiger partial charge is 0.477 e. The molecule has 2 aliphatic rings. The van der Waals surface area contributed by atoms with E-state index in [1.807, 2.05) is 13.8 Å². The van der Waals surface area contributed by atoms with E-state index in [4.69, 9.17) is 22.4 Å². The van der Waals surface area contributed by atoms with Gasteiger partial charge >= 0.3 is 5.97 Å². The van der Waals surface area contributed by atoms with Gasteiger partial charge in [0.25, 0.3) is 0 Å². The number of rotatable bonds is 1. The fourth-order valence-electron chi connectivity index (χ4n) is 2.53. The number of carbonyl (C=O) groups excluding carboxylic acids is 1. The lowest BCUT2D eigenvalue weighted by atomic mass is 9.69. The number of β-lactam (4-membered cyclic amide) rings is 1. The average Bonchev–Trinajstić information content (AvgIpc) is 2.13. The van der Waals surface area contributed by atoms with E-state index in [2.05, 4.69) is 0 Å². The molecule has 16 heavy (non-hydrogen) atoms. The third-order valence-corrected chi connectivity index (χ3v) is 3.57. The fourth-order valence-corrected chi connectivity index (χ4v) is 3.05. The lowest BCUT2D eigenvalue weighted by Gasteiger charge is -2.55. The van der Waals surface area contributed by atoms with Crippen molar-refractivity contribution >= 4 is 23.5 Å². The van der Waals surface area contributed by atoms with Gasteiger partial charge in [-0.25, -0.2) is 4.79 Å². The molecule has 2 atom stereocenters. The van der Waals surface area contributed by atoms with Crippen LogP contribution >= 0.6 is 11.6 Å². The SMILES string of the molecule is CC1(C)CC(Cl)=C(C(=O)O)N2C(=O)C(N)C21. The molecular weight excluding hydrogens is 232 g/mol. The molecule has 0 aromatic carbocycles. The number of nitrogens with zero attached hydrogens (tertiary/aromatic N) is 1. The van der Waals surface area contributed by atoms with Gasteiger partial charge in [0.15, 0.2) is 0 Å². The van der Waals surface area contributed by atoms with E-state index in [0.717, 1.165) is 0 Å². The van der Waals surface area contributed by atoms with Gasteiger partial charge in [-0.3, -0.25) is 9.69 Å². The predicted molar refractivity (Wildman–Crippen MR) is 57.5 cm³/mol. The maximum atomic E-state index is 11.6. The van der Waals surface area contributed by atoms with E-state index in [9.17, 15) is 9.59 Å². The zero-order valence-electron chi connectivity index (χ0n) is 9.03. The highest BCUT2D eigenvalue weighted by atomic mass is 35.5. The summed E-state index contributed by atoms with van der Waals surface area (Å²) in [5, 5.41) is 9.24. The van der Waals surface area contributed by atoms with Crippen molar-refractivity contribution in [1.82, 2.24) is 4.90 Å². The number of nitrogens with two attached hydrogens (primary N) is 1. The first kappa shape index (κ1) is 11.4. The molecule has 0 spiro atoms. The summed E-state index contributed by atoms with van der Waals surface area (Å²) in [5.41, 5.74) is 5.31. The standard InChI is InChI=1S/C10H13ClN2O3/c1-10(2)3-4(11)6(9(15)16)13-7(10)5(12)8(13)14/h5,7H,3,12H2,1-2H3,(H,15,16). The molecule has 3 N–H and O–H groups in total. The van der Waals surface area contributed by atoms with Crippen LogP contribution < -0.4 is 5.73 Å². The van der Waals surface area contributed by atoms with Crippen molar-refractivity contribution in [3.8, 4) is 0 Å². The zero-order valence-corrected chi connectivity index (χ0v) is 9.78. The number of carboxylic acid groups (broad SMARTS) is 1. The molecule has 5 nitrogen and oxygen atoms in total. The molecule has 0 aromatic heterocycles. The normalized spacial score (nSPS) is 32.2. The van der Waals surface area contributed by atoms with Crippen molar-refractivity contribution in [2.45, 2.75) is 32.4 Å². The Morgan fingerprint density at radius 3 is 2.69 bits per heavy atom. The highest BCUT2D eigenvalue weighted by Crippen LogP contribution is 2.47. The molecule has 1 fully saturated rings. The number of hydrogen-bond acceptors (Lipinski definition) is 3. The van der Waals surface area contributed by atoms with Crippen LogP contribution in [0.5, 0.6) is 0 Å². The van der Waals surface area contributed by atoms with Crippen molar-refractivity contribution in [2.24, 2.45) is 11.1 Å². The maximum absolute atomic E-state index is 11.6. The van der Waals surface area contributed by atoms with Gasteiger partial charge in [-0.15, -0.1) is 0 Å². The van der Waals surface area contributed by atoms with Gasteiger partial charge in [0, 0.05) is 5.03 Å². The van der Waals surface area contributed by atoms with Crippen molar-refractivity contribution in [3.63, 3.8) is 0 Å². The number of fused-ring (bicyclic) bond motifs is 1. The van der Waals surface area contributed by atoms with Gasteiger partial charge in [0.05, 0.1) is 6.04 Å². The summed E-state index contributed by atoms with van der Waals surface area (Å²) in [6.45, 7) is 3.86. The monoisotopic (exact) mass is 244 g/mol. The first-order valence-corrected chi connectivity index (χ1v) is 5.36. The van der Waals surface area contributed by atoms with Crippen molar-refractivity contribution in [2.75, 3.05) is 0 Å². The number of allylic oxidation sites excluding steroid dienone is 1. The molecule has 88 valence electrons. The van der Waals surface area contributed by atoms with E-state index in [-0.39, 0.29) is 28.1 Å². The van der Waals surface area contributed by atoms with Gasteiger partial charge in [0.1, 0.15) is 11.7 Å². The molecule has 2 heterocycles. The highest BCUT2D eigenvalue weighted by Gasteiger charge is 2.58. The van der Waals surface area contributed by atoms with Gasteiger partial charge in [-0.2, -0.15) is 0 Å². The van der Waals surface area contributed by atoms with Crippen molar-refractivity contribution in [3.05, 3.63) is 10.7 Å². The molecule has 0 saturated carbocycles. The van der Waals surface area contributed by atoms with E-state index in [0.29, 0.717) is 6.42 Å². The van der Waals surface area contributed by atoms with Crippen LogP contribution in [0, 0.1) is 5.41 Å². The Labute approximate surface area is 97.8 Å². The van der Waals surface area contributed by atoms with Crippen LogP contribution in [-0.2, 0) is 9.59 Å². The van der Waals surface area contributed by atoms with Gasteiger partial charge < -0.3 is 10.8 Å². The van der Waals surface area contributed by atoms with Crippen LogP contribution in [0.15, 0.2) is 10.7 Å². The molecule has 2 aliphatic heterocycles. The molecule has 1 saturated heterocycles. The zero-order chi connectivity index (χ0) is 12.2. The summed E-state index contributed by atoms with van der Waals surface area (Å²) in [6.07, 6.45) is 0.429. The second kappa shape index (κ2) is 3.21. The highest BCUT2D eigenvalue weighted by molar-refractivity contribution is 6.32. The molecular formula is C10H13ClN2O3. The molecule has 0 aliphatic carbocycles. The number of carboxylic acids is 1. The van der Waals surface area contributed by atoms with Crippen LogP contribution in [0.1, 0.15) is 20.3 Å². The summed E-state index contributed by atoms with van der Waals surface area (Å²) < 4.78 is 0. The van der Waals surface area contributed by atoms with Crippen LogP contribution in [-0.4, -0.2) is 34.0 Å². The number of aliphatic carboxylic acids is 1. The Morgan fingerprint density at radius 2 is 2.19 bits per heavy atom. The number of amides is 1. The van der Waals surface area contributed by atoms with Gasteiger partial charge in [-0.05, 0) is 11.8 Å². The summed E-state index contributed by atoms with van der Waals surface area (Å²) in [5.74, 6) is -1.54. The molecule has 2 unspecified atom stereocenters. The van der Waals surface area contributed by atoms with E-state index >= 15 is 0 Å². The maximum Gasteiger partial charge on any atom is 0.353 e. The molecule has 0 bridgehead atoms. The Hall–Kier alpha value is -1.07. The van der Waals surface area contributed by atoms with Crippen molar-refractivity contribution in [1.29, 1.82) is 0 Å². The lowest BCUT2D eigenvalue weighted by molar-refractivity contribution is -0.158. The topological polar surface area (TPSA) is 83.6 Å². The Morgan fingerprint density at radius 1 is 1.62 bits per heavy atom.